The monoisotopic (exact) mass is 899 g/mol. The second-order valence-corrected chi connectivity index (χ2v) is 20.7. The molecule has 2 aliphatic rings. The van der Waals surface area contributed by atoms with E-state index in [0.717, 1.165) is 32.8 Å². The van der Waals surface area contributed by atoms with Crippen molar-refractivity contribution in [3.63, 3.8) is 0 Å². The number of likely N-dealkylation sites (N-methyl/N-ethyl adjacent to an activating group) is 1. The minimum absolute atomic E-state index is 0.0804. The van der Waals surface area contributed by atoms with Crippen LogP contribution in [0.1, 0.15) is 71.1 Å². The fourth-order valence-corrected chi connectivity index (χ4v) is 10.2. The molecule has 0 aliphatic carbocycles. The van der Waals surface area contributed by atoms with Gasteiger partial charge in [0.1, 0.15) is 12.6 Å². The quantitative estimate of drug-likeness (QED) is 0.0356. The number of quaternary nitrogens is 1. The molecule has 16 heteroatoms. The lowest BCUT2D eigenvalue weighted by atomic mass is 9.84. The summed E-state index contributed by atoms with van der Waals surface area (Å²) in [6, 6.07) is 28.2. The molecule has 3 heterocycles. The van der Waals surface area contributed by atoms with Crippen LogP contribution in [0.15, 0.2) is 109 Å². The first kappa shape index (κ1) is 48.5. The number of hydrogen-bond donors (Lipinski definition) is 6. The maximum atomic E-state index is 15.0. The van der Waals surface area contributed by atoms with Crippen LogP contribution in [0.3, 0.4) is 0 Å². The van der Waals surface area contributed by atoms with Crippen molar-refractivity contribution < 1.29 is 48.2 Å². The molecule has 3 amide bonds. The number of carbonyl (C=O) groups excluding carboxylic acids is 2. The van der Waals surface area contributed by atoms with E-state index in [1.54, 1.807) is 27.0 Å². The van der Waals surface area contributed by atoms with Crippen molar-refractivity contribution in [1.82, 2.24) is 25.4 Å². The minimum atomic E-state index is -5.25. The molecule has 0 radical (unpaired) electrons. The molecular weight excluding hydrogens is 836 g/mol. The number of likely N-dealkylation sites (tertiary alicyclic amines) is 1. The van der Waals surface area contributed by atoms with E-state index in [-0.39, 0.29) is 36.1 Å². The standard InChI is InChI=1S/C48H63N6O9P/c1-47(2,3)41(52(7)46(57)58)43(55)50-36(28-33-21-23-35(24-22-33)37-20-14-15-26-49-37)30-40(63-64(60,61)62)38(29-32-16-10-8-11-17-32)51-44(56)42(48(4,5)6)53-27-25-39-45(53)54(39,59)31-34-18-12-9-13-19-34/h8-24,26,36,38-42,45,59H,25,27-31H2,1-7H3,(H4-,50,51,55,56,57,58,60,61,62)/p+1/t36-,38-,39?,40-,41+,42+,45?,54?/m0/s1. The predicted molar refractivity (Wildman–Crippen MR) is 242 cm³/mol. The number of hydrogen-bond acceptors (Lipinski definition) is 8. The lowest BCUT2D eigenvalue weighted by Crippen LogP contribution is -2.60. The number of rotatable bonds is 18. The highest BCUT2D eigenvalue weighted by atomic mass is 31.2. The third-order valence-corrected chi connectivity index (χ3v) is 12.9. The number of aromatic nitrogens is 1. The lowest BCUT2D eigenvalue weighted by Gasteiger charge is -2.40. The second-order valence-electron chi connectivity index (χ2n) is 19.5. The van der Waals surface area contributed by atoms with Crippen molar-refractivity contribution in [2.24, 2.45) is 10.8 Å². The molecule has 6 N–H and O–H groups in total. The van der Waals surface area contributed by atoms with Crippen LogP contribution in [0, 0.1) is 10.8 Å². The molecule has 0 bridgehead atoms. The summed E-state index contributed by atoms with van der Waals surface area (Å²) in [6.07, 6.45) is -0.530. The summed E-state index contributed by atoms with van der Waals surface area (Å²) in [6.45, 7) is 12.1. The Balaban J connectivity index is 1.35. The van der Waals surface area contributed by atoms with E-state index >= 15 is 0 Å². The van der Waals surface area contributed by atoms with Crippen LogP contribution < -0.4 is 10.6 Å². The normalized spacial score (nSPS) is 21.2. The van der Waals surface area contributed by atoms with Crippen molar-refractivity contribution in [2.75, 3.05) is 13.6 Å². The smallest absolute Gasteiger partial charge is 0.465 e. The molecule has 2 saturated heterocycles. The van der Waals surface area contributed by atoms with Crippen molar-refractivity contribution in [1.29, 1.82) is 0 Å². The zero-order chi connectivity index (χ0) is 46.6. The molecule has 15 nitrogen and oxygen atoms in total. The van der Waals surface area contributed by atoms with Gasteiger partial charge in [-0.05, 0) is 53.4 Å². The van der Waals surface area contributed by atoms with Gasteiger partial charge >= 0.3 is 13.9 Å². The number of hydroxylamine groups is 3. The lowest BCUT2D eigenvalue weighted by molar-refractivity contribution is -1.04. The number of nitrogens with one attached hydrogen (secondary N) is 2. The highest BCUT2D eigenvalue weighted by Gasteiger charge is 2.75. The Bertz CT molecular complexity index is 2250. The van der Waals surface area contributed by atoms with Gasteiger partial charge in [-0.15, -0.1) is 4.65 Å². The highest BCUT2D eigenvalue weighted by Crippen LogP contribution is 2.51. The van der Waals surface area contributed by atoms with Crippen LogP contribution in [-0.2, 0) is 38.1 Å². The zero-order valence-electron chi connectivity index (χ0n) is 37.7. The topological polar surface area (TPSA) is 202 Å². The number of phosphoric acid groups is 1. The van der Waals surface area contributed by atoms with Crippen molar-refractivity contribution in [2.45, 2.75) is 116 Å². The number of phosphoric ester groups is 1. The summed E-state index contributed by atoms with van der Waals surface area (Å²) in [5, 5.41) is 28.1. The summed E-state index contributed by atoms with van der Waals surface area (Å²) in [4.78, 5) is 70.0. The van der Waals surface area contributed by atoms with E-state index < -0.39 is 66.8 Å². The van der Waals surface area contributed by atoms with E-state index in [1.165, 1.54) is 7.05 Å². The first-order valence-electron chi connectivity index (χ1n) is 21.8. The number of carboxylic acid groups (broad SMARTS) is 1. The Kier molecular flexibility index (Phi) is 14.9. The average molecular weight is 900 g/mol. The van der Waals surface area contributed by atoms with Crippen molar-refractivity contribution >= 4 is 25.7 Å². The molecule has 2 fully saturated rings. The molecule has 6 rings (SSSR count). The molecular formula is C48H64N6O9P+. The molecule has 344 valence electrons. The van der Waals surface area contributed by atoms with Crippen molar-refractivity contribution in [3.8, 4) is 11.3 Å². The van der Waals surface area contributed by atoms with Gasteiger partial charge in [-0.2, -0.15) is 0 Å². The number of fused-ring (bicyclic) bond motifs is 1. The van der Waals surface area contributed by atoms with E-state index in [4.69, 9.17) is 4.52 Å². The van der Waals surface area contributed by atoms with E-state index in [9.17, 15) is 39.0 Å². The molecule has 8 atom stereocenters. The molecule has 0 spiro atoms. The SMILES string of the molecule is CN(C(=O)O)[C@H](C(=O)N[C@@H](Cc1ccc(-c2ccccn2)cc1)C[C@H](OP(=O)(O)O)[C@H](Cc1ccccc1)NC(=O)[C@@H](N1CCC2C1[N+]2(O)Cc1ccccc1)C(C)(C)C)C(C)(C)C. The number of pyridine rings is 1. The van der Waals surface area contributed by atoms with Crippen LogP contribution >= 0.6 is 7.82 Å². The van der Waals surface area contributed by atoms with Gasteiger partial charge in [0.05, 0.1) is 23.9 Å². The summed E-state index contributed by atoms with van der Waals surface area (Å²) < 4.78 is 18.4. The highest BCUT2D eigenvalue weighted by molar-refractivity contribution is 7.46. The van der Waals surface area contributed by atoms with E-state index in [1.807, 2.05) is 124 Å². The van der Waals surface area contributed by atoms with Crippen LogP contribution in [0.25, 0.3) is 11.3 Å². The van der Waals surface area contributed by atoms with Gasteiger partial charge in [0, 0.05) is 43.4 Å². The molecule has 3 aromatic carbocycles. The largest absolute Gasteiger partial charge is 0.469 e. The summed E-state index contributed by atoms with van der Waals surface area (Å²) in [5.41, 5.74) is 2.63. The molecule has 64 heavy (non-hydrogen) atoms. The maximum absolute atomic E-state index is 15.0. The molecule has 3 unspecified atom stereocenters. The molecule has 2 aliphatic heterocycles. The number of benzene rings is 3. The number of nitrogens with zero attached hydrogens (tertiary/aromatic N) is 4. The van der Waals surface area contributed by atoms with E-state index in [2.05, 4.69) is 20.5 Å². The Morgan fingerprint density at radius 3 is 1.97 bits per heavy atom. The number of amides is 3. The number of carbonyl (C=O) groups is 3. The van der Waals surface area contributed by atoms with Crippen LogP contribution in [0.2, 0.25) is 0 Å². The van der Waals surface area contributed by atoms with Gasteiger partial charge in [-0.25, -0.2) is 19.5 Å². The van der Waals surface area contributed by atoms with Gasteiger partial charge in [-0.3, -0.25) is 24.0 Å². The third kappa shape index (κ3) is 12.0. The van der Waals surface area contributed by atoms with Gasteiger partial charge in [-0.1, -0.05) is 133 Å². The van der Waals surface area contributed by atoms with Crippen molar-refractivity contribution in [3.05, 3.63) is 126 Å². The third-order valence-electron chi connectivity index (χ3n) is 12.4. The second kappa shape index (κ2) is 19.6. The zero-order valence-corrected chi connectivity index (χ0v) is 38.6. The fraction of sp³-hybridized carbons (Fsp3) is 0.458. The molecule has 0 saturated carbocycles. The summed E-state index contributed by atoms with van der Waals surface area (Å²) in [7, 11) is -3.92. The van der Waals surface area contributed by atoms with E-state index in [0.29, 0.717) is 19.5 Å². The first-order chi connectivity index (χ1) is 30.0. The van der Waals surface area contributed by atoms with Crippen LogP contribution in [0.4, 0.5) is 4.79 Å². The Hall–Kier alpha value is -4.99. The van der Waals surface area contributed by atoms with Crippen LogP contribution in [0.5, 0.6) is 0 Å². The molecule has 4 aromatic rings. The Morgan fingerprint density at radius 1 is 0.828 bits per heavy atom. The van der Waals surface area contributed by atoms with Gasteiger partial charge < -0.3 is 25.5 Å². The summed E-state index contributed by atoms with van der Waals surface area (Å²) >= 11 is 0. The first-order valence-corrected chi connectivity index (χ1v) is 23.3. The van der Waals surface area contributed by atoms with Gasteiger partial charge in [0.15, 0.2) is 6.04 Å². The minimum Gasteiger partial charge on any atom is -0.465 e. The Morgan fingerprint density at radius 2 is 1.42 bits per heavy atom. The predicted octanol–water partition coefficient (Wildman–Crippen LogP) is 6.63. The average Bonchev–Trinajstić information content (AvgIpc) is 3.51. The molecule has 1 aromatic heterocycles. The van der Waals surface area contributed by atoms with Gasteiger partial charge in [0.25, 0.3) is 0 Å². The Labute approximate surface area is 376 Å². The van der Waals surface area contributed by atoms with Crippen LogP contribution in [-0.4, -0.2) is 114 Å². The fourth-order valence-electron chi connectivity index (χ4n) is 9.60. The van der Waals surface area contributed by atoms with Gasteiger partial charge in [0.2, 0.25) is 18.0 Å². The maximum Gasteiger partial charge on any atom is 0.469 e. The summed E-state index contributed by atoms with van der Waals surface area (Å²) in [5.74, 6) is -0.999.